The number of nitrogens with zero attached hydrogens (tertiary/aromatic N) is 2. The topological polar surface area (TPSA) is 87.1 Å². The van der Waals surface area contributed by atoms with Gasteiger partial charge in [-0.05, 0) is 57.6 Å². The van der Waals surface area contributed by atoms with Crippen molar-refractivity contribution in [3.05, 3.63) is 54.6 Å². The van der Waals surface area contributed by atoms with Crippen LogP contribution in [0.4, 0.5) is 5.69 Å². The number of halogens is 1. The number of carbonyl (C=O) groups excluding carboxylic acids is 3. The van der Waals surface area contributed by atoms with E-state index < -0.39 is 33.4 Å². The van der Waals surface area contributed by atoms with Crippen LogP contribution < -0.4 is 4.90 Å². The van der Waals surface area contributed by atoms with E-state index in [4.69, 9.17) is 16.3 Å². The zero-order valence-electron chi connectivity index (χ0n) is 22.8. The average molecular weight is 575 g/mol. The number of likely N-dealkylation sites (tertiary alicyclic amines) is 1. The zero-order chi connectivity index (χ0) is 28.4. The van der Waals surface area contributed by atoms with Gasteiger partial charge < -0.3 is 19.6 Å². The molecule has 4 rings (SSSR count). The molecule has 1 N–H and O–H groups in total. The standard InChI is InChI=1S/C30H39ClN2O5S/c1-5-8-9-12-18-38-28(37)24-23-26(35)33(20(7-3)19-34)25(30(23)16-15-29(24,4)39-30)27(36)32(17-6-2)22-14-11-10-13-21(22)31/h5-6,10-11,13-14,20,23-25,34H,1-2,7-9,12,15-19H2,3-4H3/t20-,23-,24+,25?,29-,30?/m0/s1. The van der Waals surface area contributed by atoms with Gasteiger partial charge in [0.1, 0.15) is 6.04 Å². The van der Waals surface area contributed by atoms with Gasteiger partial charge in [-0.1, -0.05) is 42.8 Å². The van der Waals surface area contributed by atoms with Crippen molar-refractivity contribution < 1.29 is 24.2 Å². The Labute approximate surface area is 240 Å². The molecule has 1 aromatic carbocycles. The van der Waals surface area contributed by atoms with Crippen molar-refractivity contribution in [2.75, 3.05) is 24.7 Å². The summed E-state index contributed by atoms with van der Waals surface area (Å²) in [5, 5.41) is 10.7. The second kappa shape index (κ2) is 12.1. The number of rotatable bonds is 13. The molecule has 212 valence electrons. The molecule has 7 nitrogen and oxygen atoms in total. The largest absolute Gasteiger partial charge is 0.465 e. The molecule has 3 heterocycles. The third-order valence-corrected chi connectivity index (χ3v) is 10.9. The number of esters is 1. The van der Waals surface area contributed by atoms with E-state index in [1.807, 2.05) is 26.0 Å². The summed E-state index contributed by atoms with van der Waals surface area (Å²) in [6, 6.07) is 5.69. The number of aliphatic hydroxyl groups excluding tert-OH is 1. The number of carbonyl (C=O) groups is 3. The van der Waals surface area contributed by atoms with E-state index >= 15 is 0 Å². The molecule has 0 aromatic heterocycles. The van der Waals surface area contributed by atoms with Gasteiger partial charge >= 0.3 is 5.97 Å². The van der Waals surface area contributed by atoms with Crippen molar-refractivity contribution in [1.82, 2.24) is 4.90 Å². The second-order valence-electron chi connectivity index (χ2n) is 10.9. The van der Waals surface area contributed by atoms with E-state index in [-0.39, 0.29) is 37.5 Å². The van der Waals surface area contributed by atoms with Gasteiger partial charge in [-0.2, -0.15) is 0 Å². The summed E-state index contributed by atoms with van der Waals surface area (Å²) in [4.78, 5) is 45.5. The SMILES string of the molecule is C=CCCCCOC(=O)[C@H]1[C@H]2C(=O)N([C@@H](CC)CO)C(C(=O)N(CC=C)c3ccccc3Cl)C23CC[C@]1(C)S3. The first-order valence-corrected chi connectivity index (χ1v) is 15.0. The number of para-hydroxylation sites is 1. The lowest BCUT2D eigenvalue weighted by atomic mass is 9.66. The van der Waals surface area contributed by atoms with Crippen LogP contribution in [0.2, 0.25) is 5.02 Å². The molecular weight excluding hydrogens is 536 g/mol. The number of ether oxygens (including phenoxy) is 1. The highest BCUT2D eigenvalue weighted by Crippen LogP contribution is 2.72. The number of aliphatic hydroxyl groups is 1. The van der Waals surface area contributed by atoms with Gasteiger partial charge in [-0.15, -0.1) is 24.9 Å². The van der Waals surface area contributed by atoms with Gasteiger partial charge in [0.15, 0.2) is 0 Å². The predicted molar refractivity (Wildman–Crippen MR) is 156 cm³/mol. The van der Waals surface area contributed by atoms with Crippen molar-refractivity contribution >= 4 is 46.8 Å². The molecule has 3 saturated heterocycles. The molecule has 2 unspecified atom stereocenters. The second-order valence-corrected chi connectivity index (χ2v) is 13.2. The Morgan fingerprint density at radius 1 is 1.28 bits per heavy atom. The Morgan fingerprint density at radius 3 is 2.67 bits per heavy atom. The van der Waals surface area contributed by atoms with Gasteiger partial charge in [0.05, 0.1) is 46.5 Å². The number of thioether (sulfide) groups is 1. The van der Waals surface area contributed by atoms with E-state index in [2.05, 4.69) is 13.2 Å². The Bertz CT molecular complexity index is 1130. The summed E-state index contributed by atoms with van der Waals surface area (Å²) in [7, 11) is 0. The smallest absolute Gasteiger partial charge is 0.311 e. The number of allylic oxidation sites excluding steroid dienone is 1. The normalized spacial score (nSPS) is 29.7. The molecule has 3 fully saturated rings. The third kappa shape index (κ3) is 5.04. The van der Waals surface area contributed by atoms with Crippen LogP contribution in [-0.4, -0.2) is 69.1 Å². The maximum Gasteiger partial charge on any atom is 0.311 e. The zero-order valence-corrected chi connectivity index (χ0v) is 24.4. The fourth-order valence-electron chi connectivity index (χ4n) is 6.72. The van der Waals surface area contributed by atoms with Crippen molar-refractivity contribution in [3.63, 3.8) is 0 Å². The van der Waals surface area contributed by atoms with Crippen LogP contribution in [0.1, 0.15) is 52.4 Å². The molecule has 1 spiro atoms. The van der Waals surface area contributed by atoms with E-state index in [1.54, 1.807) is 45.8 Å². The Balaban J connectivity index is 1.74. The summed E-state index contributed by atoms with van der Waals surface area (Å²) in [6.07, 6.45) is 7.71. The van der Waals surface area contributed by atoms with E-state index in [0.717, 1.165) is 19.3 Å². The van der Waals surface area contributed by atoms with Gasteiger partial charge in [0, 0.05) is 11.3 Å². The molecule has 3 aliphatic heterocycles. The lowest BCUT2D eigenvalue weighted by Gasteiger charge is -2.39. The summed E-state index contributed by atoms with van der Waals surface area (Å²) in [5.41, 5.74) is 0.535. The van der Waals surface area contributed by atoms with Crippen LogP contribution in [0.5, 0.6) is 0 Å². The number of amides is 2. The number of fused-ring (bicyclic) bond motifs is 1. The van der Waals surface area contributed by atoms with Crippen LogP contribution >= 0.6 is 23.4 Å². The first-order chi connectivity index (χ1) is 18.7. The molecule has 2 amide bonds. The monoisotopic (exact) mass is 574 g/mol. The number of hydrogen-bond donors (Lipinski definition) is 1. The van der Waals surface area contributed by atoms with Gasteiger partial charge in [-0.3, -0.25) is 14.4 Å². The number of hydrogen-bond acceptors (Lipinski definition) is 6. The van der Waals surface area contributed by atoms with Crippen LogP contribution in [0.25, 0.3) is 0 Å². The van der Waals surface area contributed by atoms with Crippen molar-refractivity contribution in [2.45, 2.75) is 74.0 Å². The van der Waals surface area contributed by atoms with Crippen molar-refractivity contribution in [1.29, 1.82) is 0 Å². The molecule has 0 radical (unpaired) electrons. The van der Waals surface area contributed by atoms with Crippen LogP contribution in [0, 0.1) is 11.8 Å². The fourth-order valence-corrected chi connectivity index (χ4v) is 9.28. The van der Waals surface area contributed by atoms with Crippen LogP contribution in [0.15, 0.2) is 49.6 Å². The lowest BCUT2D eigenvalue weighted by Crippen LogP contribution is -2.57. The molecule has 2 bridgehead atoms. The van der Waals surface area contributed by atoms with E-state index in [9.17, 15) is 19.5 Å². The van der Waals surface area contributed by atoms with Crippen molar-refractivity contribution in [3.8, 4) is 0 Å². The maximum atomic E-state index is 14.6. The highest BCUT2D eigenvalue weighted by molar-refractivity contribution is 8.02. The summed E-state index contributed by atoms with van der Waals surface area (Å²) >= 11 is 8.11. The Hall–Kier alpha value is -2.29. The van der Waals surface area contributed by atoms with E-state index in [1.165, 1.54) is 0 Å². The van der Waals surface area contributed by atoms with Gasteiger partial charge in [0.25, 0.3) is 5.91 Å². The minimum absolute atomic E-state index is 0.204. The average Bonchev–Trinajstić information content (AvgIpc) is 3.49. The first-order valence-electron chi connectivity index (χ1n) is 13.8. The number of benzene rings is 1. The quantitative estimate of drug-likeness (QED) is 0.202. The van der Waals surface area contributed by atoms with Gasteiger partial charge in [0.2, 0.25) is 5.91 Å². The molecule has 39 heavy (non-hydrogen) atoms. The highest BCUT2D eigenvalue weighted by Gasteiger charge is 2.78. The number of unbranched alkanes of at least 4 members (excludes halogenated alkanes) is 2. The summed E-state index contributed by atoms with van der Waals surface area (Å²) in [5.74, 6) is -2.26. The fraction of sp³-hybridized carbons (Fsp3) is 0.567. The predicted octanol–water partition coefficient (Wildman–Crippen LogP) is 5.01. The van der Waals surface area contributed by atoms with E-state index in [0.29, 0.717) is 30.0 Å². The summed E-state index contributed by atoms with van der Waals surface area (Å²) < 4.78 is 4.40. The minimum atomic E-state index is -0.861. The molecule has 1 aromatic rings. The highest BCUT2D eigenvalue weighted by atomic mass is 35.5. The third-order valence-electron chi connectivity index (χ3n) is 8.55. The first kappa shape index (κ1) is 29.7. The molecular formula is C30H39ClN2O5S. The molecule has 0 aliphatic carbocycles. The van der Waals surface area contributed by atoms with Crippen LogP contribution in [-0.2, 0) is 19.1 Å². The molecule has 9 heteroatoms. The number of anilines is 1. The molecule has 3 aliphatic rings. The molecule has 0 saturated carbocycles. The molecule has 6 atom stereocenters. The summed E-state index contributed by atoms with van der Waals surface area (Å²) in [6.45, 7) is 11.7. The van der Waals surface area contributed by atoms with Crippen molar-refractivity contribution in [2.24, 2.45) is 11.8 Å². The lowest BCUT2D eigenvalue weighted by molar-refractivity contribution is -0.156. The minimum Gasteiger partial charge on any atom is -0.465 e. The van der Waals surface area contributed by atoms with Crippen LogP contribution in [0.3, 0.4) is 0 Å². The maximum absolute atomic E-state index is 14.6. The Kier molecular flexibility index (Phi) is 9.19. The Morgan fingerprint density at radius 2 is 2.03 bits per heavy atom. The van der Waals surface area contributed by atoms with Gasteiger partial charge in [-0.25, -0.2) is 0 Å².